The summed E-state index contributed by atoms with van der Waals surface area (Å²) in [6.07, 6.45) is 5.64. The van der Waals surface area contributed by atoms with Gasteiger partial charge in [-0.25, -0.2) is 4.79 Å². The molecule has 0 aliphatic carbocycles. The van der Waals surface area contributed by atoms with E-state index in [2.05, 4.69) is 23.9 Å². The molecule has 6 nitrogen and oxygen atoms in total. The van der Waals surface area contributed by atoms with E-state index < -0.39 is 0 Å². The summed E-state index contributed by atoms with van der Waals surface area (Å²) in [6.45, 7) is 6.66. The number of likely N-dealkylation sites (N-methyl/N-ethyl adjacent to an activating group) is 1. The van der Waals surface area contributed by atoms with Gasteiger partial charge in [0, 0.05) is 44.7 Å². The Bertz CT molecular complexity index is 426. The van der Waals surface area contributed by atoms with Gasteiger partial charge in [0.05, 0.1) is 19.3 Å². The number of ether oxygens (including phenoxy) is 2. The number of nitrogens with zero attached hydrogens (tertiary/aromatic N) is 3. The van der Waals surface area contributed by atoms with E-state index in [1.807, 2.05) is 4.90 Å². The summed E-state index contributed by atoms with van der Waals surface area (Å²) in [7, 11) is 4.12. The van der Waals surface area contributed by atoms with Crippen LogP contribution in [0, 0.1) is 5.41 Å². The second-order valence-corrected chi connectivity index (χ2v) is 7.87. The van der Waals surface area contributed by atoms with Gasteiger partial charge in [-0.15, -0.1) is 0 Å². The second kappa shape index (κ2) is 8.02. The lowest BCUT2D eigenvalue weighted by Crippen LogP contribution is -2.59. The van der Waals surface area contributed by atoms with Crippen LogP contribution in [0.3, 0.4) is 0 Å². The monoisotopic (exact) mass is 339 g/mol. The molecule has 3 saturated heterocycles. The molecule has 3 aliphatic heterocycles. The number of urea groups is 1. The van der Waals surface area contributed by atoms with E-state index in [-0.39, 0.29) is 17.6 Å². The first-order chi connectivity index (χ1) is 11.6. The number of carbonyl (C=O) groups excluding carboxylic acids is 1. The van der Waals surface area contributed by atoms with Crippen molar-refractivity contribution in [3.63, 3.8) is 0 Å². The molecule has 3 fully saturated rings. The molecule has 138 valence electrons. The van der Waals surface area contributed by atoms with Crippen LogP contribution >= 0.6 is 0 Å². The van der Waals surface area contributed by atoms with Gasteiger partial charge in [0.1, 0.15) is 0 Å². The van der Waals surface area contributed by atoms with Gasteiger partial charge in [-0.3, -0.25) is 0 Å². The molecule has 0 spiro atoms. The molecule has 6 heteroatoms. The Hall–Kier alpha value is -0.850. The average Bonchev–Trinajstić information content (AvgIpc) is 3.12. The summed E-state index contributed by atoms with van der Waals surface area (Å²) in [6, 6.07) is 0.226. The molecule has 2 unspecified atom stereocenters. The van der Waals surface area contributed by atoms with E-state index in [9.17, 15) is 4.79 Å². The SMILES string of the molecule is CN(C)CCOCC12CCCOC1CCN(C(=O)N1CCCC1)C2. The Morgan fingerprint density at radius 1 is 1.21 bits per heavy atom. The second-order valence-electron chi connectivity index (χ2n) is 7.87. The summed E-state index contributed by atoms with van der Waals surface area (Å²) < 4.78 is 12.1. The summed E-state index contributed by atoms with van der Waals surface area (Å²) in [5, 5.41) is 0. The Morgan fingerprint density at radius 2 is 2.00 bits per heavy atom. The fraction of sp³-hybridized carbons (Fsp3) is 0.944. The highest BCUT2D eigenvalue weighted by Gasteiger charge is 2.47. The molecule has 0 aromatic heterocycles. The maximum atomic E-state index is 12.8. The summed E-state index contributed by atoms with van der Waals surface area (Å²) >= 11 is 0. The summed E-state index contributed by atoms with van der Waals surface area (Å²) in [4.78, 5) is 19.0. The Kier molecular flexibility index (Phi) is 6.00. The van der Waals surface area contributed by atoms with Gasteiger partial charge in [0.2, 0.25) is 0 Å². The fourth-order valence-electron chi connectivity index (χ4n) is 4.30. The maximum Gasteiger partial charge on any atom is 0.320 e. The minimum Gasteiger partial charge on any atom is -0.379 e. The maximum absolute atomic E-state index is 12.8. The normalized spacial score (nSPS) is 30.7. The van der Waals surface area contributed by atoms with Crippen molar-refractivity contribution in [2.45, 2.75) is 38.2 Å². The molecule has 0 saturated carbocycles. The lowest BCUT2D eigenvalue weighted by Gasteiger charge is -2.50. The van der Waals surface area contributed by atoms with Gasteiger partial charge in [-0.05, 0) is 46.2 Å². The quantitative estimate of drug-likeness (QED) is 0.715. The highest BCUT2D eigenvalue weighted by molar-refractivity contribution is 5.75. The van der Waals surface area contributed by atoms with Crippen LogP contribution in [0.25, 0.3) is 0 Å². The molecular weight excluding hydrogens is 306 g/mol. The molecule has 0 radical (unpaired) electrons. The van der Waals surface area contributed by atoms with Crippen molar-refractivity contribution in [3.05, 3.63) is 0 Å². The third kappa shape index (κ3) is 4.03. The molecule has 0 aromatic carbocycles. The van der Waals surface area contributed by atoms with Crippen LogP contribution in [0.1, 0.15) is 32.1 Å². The van der Waals surface area contributed by atoms with E-state index in [1.165, 1.54) is 0 Å². The predicted molar refractivity (Wildman–Crippen MR) is 93.2 cm³/mol. The van der Waals surface area contributed by atoms with Crippen molar-refractivity contribution < 1.29 is 14.3 Å². The van der Waals surface area contributed by atoms with E-state index in [0.717, 1.165) is 78.0 Å². The molecule has 2 atom stereocenters. The highest BCUT2D eigenvalue weighted by Crippen LogP contribution is 2.40. The Balaban J connectivity index is 1.61. The minimum atomic E-state index is -0.0157. The van der Waals surface area contributed by atoms with Crippen molar-refractivity contribution in [3.8, 4) is 0 Å². The number of carbonyl (C=O) groups is 1. The van der Waals surface area contributed by atoms with Crippen molar-refractivity contribution in [1.29, 1.82) is 0 Å². The van der Waals surface area contributed by atoms with Crippen molar-refractivity contribution >= 4 is 6.03 Å². The first-order valence-electron chi connectivity index (χ1n) is 9.49. The van der Waals surface area contributed by atoms with E-state index in [4.69, 9.17) is 9.47 Å². The number of amides is 2. The largest absolute Gasteiger partial charge is 0.379 e. The van der Waals surface area contributed by atoms with Crippen LogP contribution in [0.15, 0.2) is 0 Å². The van der Waals surface area contributed by atoms with Gasteiger partial charge in [-0.1, -0.05) is 0 Å². The van der Waals surface area contributed by atoms with Crippen molar-refractivity contribution in [2.24, 2.45) is 5.41 Å². The Labute approximate surface area is 146 Å². The van der Waals surface area contributed by atoms with Gasteiger partial charge >= 0.3 is 6.03 Å². The number of rotatable bonds is 5. The van der Waals surface area contributed by atoms with Crippen LogP contribution in [0.4, 0.5) is 4.79 Å². The number of hydrogen-bond acceptors (Lipinski definition) is 4. The molecule has 3 rings (SSSR count). The summed E-state index contributed by atoms with van der Waals surface area (Å²) in [5.41, 5.74) is -0.0157. The third-order valence-corrected chi connectivity index (χ3v) is 5.71. The molecule has 24 heavy (non-hydrogen) atoms. The van der Waals surface area contributed by atoms with Gasteiger partial charge < -0.3 is 24.2 Å². The zero-order valence-electron chi connectivity index (χ0n) is 15.3. The average molecular weight is 339 g/mol. The van der Waals surface area contributed by atoms with Gasteiger partial charge in [0.25, 0.3) is 0 Å². The van der Waals surface area contributed by atoms with Crippen LogP contribution in [0.2, 0.25) is 0 Å². The van der Waals surface area contributed by atoms with Gasteiger partial charge in [-0.2, -0.15) is 0 Å². The van der Waals surface area contributed by atoms with Crippen molar-refractivity contribution in [1.82, 2.24) is 14.7 Å². The fourth-order valence-corrected chi connectivity index (χ4v) is 4.30. The molecule has 0 bridgehead atoms. The van der Waals surface area contributed by atoms with E-state index >= 15 is 0 Å². The van der Waals surface area contributed by atoms with Crippen molar-refractivity contribution in [2.75, 3.05) is 66.6 Å². The van der Waals surface area contributed by atoms with E-state index in [1.54, 1.807) is 0 Å². The summed E-state index contributed by atoms with van der Waals surface area (Å²) in [5.74, 6) is 0. The first-order valence-corrected chi connectivity index (χ1v) is 9.49. The molecule has 3 heterocycles. The van der Waals surface area contributed by atoms with Crippen LogP contribution in [-0.4, -0.2) is 93.5 Å². The zero-order chi connectivity index (χ0) is 17.0. The number of piperidine rings is 1. The molecule has 3 aliphatic rings. The topological polar surface area (TPSA) is 45.3 Å². The molecule has 0 aromatic rings. The van der Waals surface area contributed by atoms with E-state index in [0.29, 0.717) is 6.61 Å². The number of likely N-dealkylation sites (tertiary alicyclic amines) is 2. The smallest absolute Gasteiger partial charge is 0.320 e. The minimum absolute atomic E-state index is 0.0157. The zero-order valence-corrected chi connectivity index (χ0v) is 15.3. The Morgan fingerprint density at radius 3 is 2.75 bits per heavy atom. The molecule has 0 N–H and O–H groups in total. The first kappa shape index (κ1) is 18.0. The number of hydrogen-bond donors (Lipinski definition) is 0. The molecule has 2 amide bonds. The van der Waals surface area contributed by atoms with Crippen LogP contribution in [0.5, 0.6) is 0 Å². The lowest BCUT2D eigenvalue weighted by molar-refractivity contribution is -0.147. The molecular formula is C18H33N3O3. The van der Waals surface area contributed by atoms with Crippen LogP contribution < -0.4 is 0 Å². The third-order valence-electron chi connectivity index (χ3n) is 5.71. The highest BCUT2D eigenvalue weighted by atomic mass is 16.5. The van der Waals surface area contributed by atoms with Crippen LogP contribution in [-0.2, 0) is 9.47 Å². The number of fused-ring (bicyclic) bond motifs is 1. The standard InChI is InChI=1S/C18H33N3O3/c1-19(2)11-13-23-15-18-7-5-12-24-16(18)6-10-21(14-18)17(22)20-8-3-4-9-20/h16H,3-15H2,1-2H3. The van der Waals surface area contributed by atoms with Gasteiger partial charge in [0.15, 0.2) is 0 Å². The predicted octanol–water partition coefficient (Wildman–Crippen LogP) is 1.65. The lowest BCUT2D eigenvalue weighted by atomic mass is 9.73.